The highest BCUT2D eigenvalue weighted by atomic mass is 19.1. The second-order valence-corrected chi connectivity index (χ2v) is 3.43. The maximum Gasteiger partial charge on any atom is 0.0912 e. The van der Waals surface area contributed by atoms with E-state index in [-0.39, 0.29) is 12.7 Å². The lowest BCUT2D eigenvalue weighted by molar-refractivity contribution is 0.391. The Morgan fingerprint density at radius 1 is 1.38 bits per heavy atom. The van der Waals surface area contributed by atoms with Crippen LogP contribution in [0.3, 0.4) is 0 Å². The zero-order valence-corrected chi connectivity index (χ0v) is 7.59. The Kier molecular flexibility index (Phi) is 2.60. The molecule has 1 heterocycles. The van der Waals surface area contributed by atoms with E-state index in [9.17, 15) is 4.39 Å². The van der Waals surface area contributed by atoms with Crippen molar-refractivity contribution in [1.29, 1.82) is 0 Å². The van der Waals surface area contributed by atoms with Crippen molar-refractivity contribution < 1.29 is 4.39 Å². The van der Waals surface area contributed by atoms with Crippen molar-refractivity contribution in [3.8, 4) is 0 Å². The van der Waals surface area contributed by atoms with Crippen LogP contribution in [0.15, 0.2) is 24.3 Å². The lowest BCUT2D eigenvalue weighted by Gasteiger charge is -2.25. The van der Waals surface area contributed by atoms with E-state index < -0.39 is 0 Å². The molecule has 1 N–H and O–H groups in total. The fourth-order valence-electron chi connectivity index (χ4n) is 1.96. The first-order chi connectivity index (χ1) is 6.42. The van der Waals surface area contributed by atoms with Crippen LogP contribution in [0.5, 0.6) is 0 Å². The fourth-order valence-corrected chi connectivity index (χ4v) is 1.96. The van der Waals surface area contributed by atoms with Gasteiger partial charge >= 0.3 is 0 Å². The minimum atomic E-state index is -0.244. The summed E-state index contributed by atoms with van der Waals surface area (Å²) >= 11 is 0. The van der Waals surface area contributed by atoms with E-state index in [4.69, 9.17) is 0 Å². The Hall–Kier alpha value is -0.890. The fraction of sp³-hybridized carbons (Fsp3) is 0.455. The van der Waals surface area contributed by atoms with E-state index in [1.807, 2.05) is 6.07 Å². The Balaban J connectivity index is 2.26. The minimum absolute atomic E-state index is 0.231. The van der Waals surface area contributed by atoms with Crippen LogP contribution in [-0.4, -0.2) is 13.2 Å². The Morgan fingerprint density at radius 2 is 2.23 bits per heavy atom. The van der Waals surface area contributed by atoms with Gasteiger partial charge in [0, 0.05) is 6.04 Å². The molecule has 2 rings (SSSR count). The second kappa shape index (κ2) is 3.88. The maximum absolute atomic E-state index is 12.2. The quantitative estimate of drug-likeness (QED) is 0.734. The molecule has 1 nitrogen and oxygen atoms in total. The van der Waals surface area contributed by atoms with Crippen molar-refractivity contribution in [2.75, 3.05) is 13.2 Å². The summed E-state index contributed by atoms with van der Waals surface area (Å²) in [5.41, 5.74) is 2.66. The highest BCUT2D eigenvalue weighted by Crippen LogP contribution is 2.24. The molecule has 1 atom stereocenters. The standard InChI is InChI=1S/C11H14FN/c12-7-5-11-10-4-2-1-3-9(10)6-8-13-11/h1-4,11,13H,5-8H2/t11-/m1/s1. The molecule has 1 aromatic rings. The molecule has 13 heavy (non-hydrogen) atoms. The molecule has 0 spiro atoms. The van der Waals surface area contributed by atoms with Crippen molar-refractivity contribution in [2.24, 2.45) is 0 Å². The maximum atomic E-state index is 12.2. The summed E-state index contributed by atoms with van der Waals surface area (Å²) in [4.78, 5) is 0. The van der Waals surface area contributed by atoms with Crippen molar-refractivity contribution in [2.45, 2.75) is 18.9 Å². The largest absolute Gasteiger partial charge is 0.310 e. The molecule has 0 bridgehead atoms. The molecule has 1 aromatic carbocycles. The Labute approximate surface area is 78.0 Å². The summed E-state index contributed by atoms with van der Waals surface area (Å²) in [5.74, 6) is 0. The van der Waals surface area contributed by atoms with Crippen molar-refractivity contribution >= 4 is 0 Å². The molecule has 0 saturated carbocycles. The molecule has 0 amide bonds. The SMILES string of the molecule is FCC[C@H]1NCCc2ccccc21. The van der Waals surface area contributed by atoms with Gasteiger partial charge in [0.2, 0.25) is 0 Å². The van der Waals surface area contributed by atoms with Crippen LogP contribution in [-0.2, 0) is 6.42 Å². The predicted molar refractivity (Wildman–Crippen MR) is 51.5 cm³/mol. The van der Waals surface area contributed by atoms with Gasteiger partial charge in [-0.2, -0.15) is 0 Å². The second-order valence-electron chi connectivity index (χ2n) is 3.43. The average molecular weight is 179 g/mol. The summed E-state index contributed by atoms with van der Waals surface area (Å²) in [6, 6.07) is 8.55. The minimum Gasteiger partial charge on any atom is -0.310 e. The number of nitrogens with one attached hydrogen (secondary N) is 1. The molecule has 1 aliphatic heterocycles. The molecular formula is C11H14FN. The molecule has 0 aromatic heterocycles. The molecule has 0 aliphatic carbocycles. The number of rotatable bonds is 2. The molecule has 0 fully saturated rings. The summed E-state index contributed by atoms with van der Waals surface area (Å²) in [6.07, 6.45) is 1.66. The van der Waals surface area contributed by atoms with Crippen LogP contribution in [0, 0.1) is 0 Å². The topological polar surface area (TPSA) is 12.0 Å². The number of alkyl halides is 1. The van der Waals surface area contributed by atoms with Gasteiger partial charge in [-0.3, -0.25) is 4.39 Å². The van der Waals surface area contributed by atoms with Crippen LogP contribution >= 0.6 is 0 Å². The third kappa shape index (κ3) is 1.73. The zero-order valence-electron chi connectivity index (χ0n) is 7.59. The average Bonchev–Trinajstić information content (AvgIpc) is 2.19. The molecule has 0 saturated heterocycles. The monoisotopic (exact) mass is 179 g/mol. The number of fused-ring (bicyclic) bond motifs is 1. The third-order valence-corrected chi connectivity index (χ3v) is 2.61. The number of halogens is 1. The zero-order chi connectivity index (χ0) is 9.10. The first-order valence-electron chi connectivity index (χ1n) is 4.79. The number of hydrogen-bond acceptors (Lipinski definition) is 1. The van der Waals surface area contributed by atoms with E-state index in [0.29, 0.717) is 6.42 Å². The van der Waals surface area contributed by atoms with Crippen LogP contribution in [0.1, 0.15) is 23.6 Å². The van der Waals surface area contributed by atoms with E-state index >= 15 is 0 Å². The molecule has 70 valence electrons. The Bertz CT molecular complexity index is 285. The van der Waals surface area contributed by atoms with Crippen LogP contribution in [0.4, 0.5) is 4.39 Å². The van der Waals surface area contributed by atoms with E-state index in [0.717, 1.165) is 13.0 Å². The van der Waals surface area contributed by atoms with Gasteiger partial charge in [-0.15, -0.1) is 0 Å². The smallest absolute Gasteiger partial charge is 0.0912 e. The molecule has 0 radical (unpaired) electrons. The first-order valence-corrected chi connectivity index (χ1v) is 4.79. The highest BCUT2D eigenvalue weighted by molar-refractivity contribution is 5.32. The van der Waals surface area contributed by atoms with Gasteiger partial charge < -0.3 is 5.32 Å². The van der Waals surface area contributed by atoms with Crippen LogP contribution in [0.2, 0.25) is 0 Å². The van der Waals surface area contributed by atoms with Crippen molar-refractivity contribution in [3.63, 3.8) is 0 Å². The lowest BCUT2D eigenvalue weighted by Crippen LogP contribution is -2.30. The number of hydrogen-bond donors (Lipinski definition) is 1. The van der Waals surface area contributed by atoms with Gasteiger partial charge in [0.25, 0.3) is 0 Å². The van der Waals surface area contributed by atoms with Gasteiger partial charge in [0.15, 0.2) is 0 Å². The predicted octanol–water partition coefficient (Wildman–Crippen LogP) is 2.23. The number of benzene rings is 1. The summed E-state index contributed by atoms with van der Waals surface area (Å²) in [6.45, 7) is 0.730. The first kappa shape index (κ1) is 8.70. The Morgan fingerprint density at radius 3 is 3.08 bits per heavy atom. The highest BCUT2D eigenvalue weighted by Gasteiger charge is 2.17. The molecular weight excluding hydrogens is 165 g/mol. The molecule has 0 unspecified atom stereocenters. The summed E-state index contributed by atoms with van der Waals surface area (Å²) in [5, 5.41) is 3.34. The molecule has 1 aliphatic rings. The van der Waals surface area contributed by atoms with Gasteiger partial charge in [0.05, 0.1) is 6.67 Å². The van der Waals surface area contributed by atoms with Crippen molar-refractivity contribution in [3.05, 3.63) is 35.4 Å². The third-order valence-electron chi connectivity index (χ3n) is 2.61. The van der Waals surface area contributed by atoms with E-state index in [1.165, 1.54) is 11.1 Å². The van der Waals surface area contributed by atoms with Gasteiger partial charge in [0.1, 0.15) is 0 Å². The van der Waals surface area contributed by atoms with Crippen LogP contribution < -0.4 is 5.32 Å². The van der Waals surface area contributed by atoms with Crippen molar-refractivity contribution in [1.82, 2.24) is 5.32 Å². The summed E-state index contributed by atoms with van der Waals surface area (Å²) in [7, 11) is 0. The van der Waals surface area contributed by atoms with Gasteiger partial charge in [-0.05, 0) is 30.5 Å². The van der Waals surface area contributed by atoms with Crippen LogP contribution in [0.25, 0.3) is 0 Å². The molecule has 2 heteroatoms. The van der Waals surface area contributed by atoms with Gasteiger partial charge in [-0.25, -0.2) is 0 Å². The lowest BCUT2D eigenvalue weighted by atomic mass is 9.93. The van der Waals surface area contributed by atoms with E-state index in [2.05, 4.69) is 23.5 Å². The summed E-state index contributed by atoms with van der Waals surface area (Å²) < 4.78 is 12.2. The van der Waals surface area contributed by atoms with E-state index in [1.54, 1.807) is 0 Å². The van der Waals surface area contributed by atoms with Gasteiger partial charge in [-0.1, -0.05) is 24.3 Å². The normalized spacial score (nSPS) is 21.2.